The van der Waals surface area contributed by atoms with Crippen molar-refractivity contribution in [3.63, 3.8) is 0 Å². The number of likely N-dealkylation sites (N-methyl/N-ethyl adjacent to an activating group) is 1. The number of nitrogens with two attached hydrogens (primary N) is 1. The average Bonchev–Trinajstić information content (AvgIpc) is 2.90. The van der Waals surface area contributed by atoms with Crippen LogP contribution >= 0.6 is 11.3 Å². The Kier molecular flexibility index (Phi) is 3.29. The molecule has 24 heavy (non-hydrogen) atoms. The molecule has 0 saturated heterocycles. The Morgan fingerprint density at radius 2 is 2.04 bits per heavy atom. The van der Waals surface area contributed by atoms with Crippen molar-refractivity contribution in [3.8, 4) is 0 Å². The first-order valence-corrected chi connectivity index (χ1v) is 8.41. The van der Waals surface area contributed by atoms with Crippen molar-refractivity contribution < 1.29 is 9.59 Å². The van der Waals surface area contributed by atoms with E-state index in [9.17, 15) is 9.59 Å². The van der Waals surface area contributed by atoms with Gasteiger partial charge < -0.3 is 10.6 Å². The van der Waals surface area contributed by atoms with Crippen LogP contribution in [-0.4, -0.2) is 53.8 Å². The normalized spacial score (nSPS) is 14.4. The fourth-order valence-corrected chi connectivity index (χ4v) is 3.97. The first-order chi connectivity index (χ1) is 11.5. The predicted molar refractivity (Wildman–Crippen MR) is 95.5 cm³/mol. The summed E-state index contributed by atoms with van der Waals surface area (Å²) in [7, 11) is 3.82. The lowest BCUT2D eigenvalue weighted by Gasteiger charge is -2.28. The van der Waals surface area contributed by atoms with Gasteiger partial charge in [-0.2, -0.15) is 0 Å². The number of amides is 2. The van der Waals surface area contributed by atoms with E-state index in [1.807, 2.05) is 37.2 Å². The van der Waals surface area contributed by atoms with E-state index in [0.717, 1.165) is 10.1 Å². The minimum Gasteiger partial charge on any atom is -0.375 e. The number of nitrogen functional groups attached to an aromatic ring is 1. The molecule has 7 heteroatoms. The molecule has 1 aliphatic rings. The largest absolute Gasteiger partial charge is 0.375 e. The third-order valence-electron chi connectivity index (χ3n) is 4.24. The fourth-order valence-electron chi connectivity index (χ4n) is 3.11. The highest BCUT2D eigenvalue weighted by Crippen LogP contribution is 2.38. The first kappa shape index (κ1) is 15.0. The molecule has 2 aromatic carbocycles. The second-order valence-corrected chi connectivity index (χ2v) is 7.15. The average molecular weight is 340 g/mol. The minimum atomic E-state index is -0.264. The summed E-state index contributed by atoms with van der Waals surface area (Å²) < 4.78 is 0.750. The molecule has 6 nitrogen and oxygen atoms in total. The molecule has 3 aromatic rings. The zero-order valence-corrected chi connectivity index (χ0v) is 14.2. The lowest BCUT2D eigenvalue weighted by molar-refractivity contribution is 0.0602. The van der Waals surface area contributed by atoms with Crippen LogP contribution in [0.25, 0.3) is 21.0 Å². The molecule has 1 aromatic heterocycles. The molecule has 1 aliphatic heterocycles. The van der Waals surface area contributed by atoms with Crippen LogP contribution in [0.4, 0.5) is 5.13 Å². The lowest BCUT2D eigenvalue weighted by atomic mass is 9.93. The van der Waals surface area contributed by atoms with Gasteiger partial charge in [0, 0.05) is 24.0 Å². The van der Waals surface area contributed by atoms with Gasteiger partial charge in [-0.15, -0.1) is 0 Å². The van der Waals surface area contributed by atoms with E-state index in [0.29, 0.717) is 40.3 Å². The SMILES string of the molecule is CN(C)CCN1C(=O)c2cccc3cc4nc(N)sc4c(c23)C1=O. The molecular formula is C17H16N4O2S. The lowest BCUT2D eigenvalue weighted by Crippen LogP contribution is -2.43. The molecule has 0 unspecified atom stereocenters. The van der Waals surface area contributed by atoms with Crippen molar-refractivity contribution in [2.24, 2.45) is 0 Å². The van der Waals surface area contributed by atoms with Crippen LogP contribution in [0.3, 0.4) is 0 Å². The third-order valence-corrected chi connectivity index (χ3v) is 5.16. The van der Waals surface area contributed by atoms with Gasteiger partial charge in [-0.3, -0.25) is 14.5 Å². The van der Waals surface area contributed by atoms with Crippen LogP contribution in [0.15, 0.2) is 24.3 Å². The van der Waals surface area contributed by atoms with Crippen molar-refractivity contribution in [2.75, 3.05) is 32.9 Å². The molecule has 2 N–H and O–H groups in total. The first-order valence-electron chi connectivity index (χ1n) is 7.60. The summed E-state index contributed by atoms with van der Waals surface area (Å²) >= 11 is 1.29. The highest BCUT2D eigenvalue weighted by Gasteiger charge is 2.34. The molecule has 0 aliphatic carbocycles. The summed E-state index contributed by atoms with van der Waals surface area (Å²) in [6.45, 7) is 0.967. The molecule has 0 fully saturated rings. The second kappa shape index (κ2) is 5.25. The predicted octanol–water partition coefficient (Wildman–Crippen LogP) is 2.19. The van der Waals surface area contributed by atoms with Gasteiger partial charge in [0.15, 0.2) is 5.13 Å². The number of carbonyl (C=O) groups is 2. The Balaban J connectivity index is 2.01. The highest BCUT2D eigenvalue weighted by molar-refractivity contribution is 7.22. The topological polar surface area (TPSA) is 79.5 Å². The van der Waals surface area contributed by atoms with Crippen LogP contribution in [0.1, 0.15) is 20.7 Å². The Labute approximate surface area is 142 Å². The molecule has 2 heterocycles. The van der Waals surface area contributed by atoms with Gasteiger partial charge in [0.25, 0.3) is 11.8 Å². The van der Waals surface area contributed by atoms with Crippen LogP contribution in [-0.2, 0) is 0 Å². The third kappa shape index (κ3) is 2.09. The van der Waals surface area contributed by atoms with E-state index < -0.39 is 0 Å². The molecule has 122 valence electrons. The van der Waals surface area contributed by atoms with Crippen LogP contribution < -0.4 is 5.73 Å². The van der Waals surface area contributed by atoms with E-state index in [2.05, 4.69) is 4.98 Å². The van der Waals surface area contributed by atoms with Gasteiger partial charge in [0.2, 0.25) is 0 Å². The fraction of sp³-hybridized carbons (Fsp3) is 0.235. The maximum atomic E-state index is 13.1. The van der Waals surface area contributed by atoms with Crippen LogP contribution in [0.5, 0.6) is 0 Å². The number of hydrogen-bond acceptors (Lipinski definition) is 6. The summed E-state index contributed by atoms with van der Waals surface area (Å²) in [6.07, 6.45) is 0. The standard InChI is InChI=1S/C17H16N4O2S/c1-20(2)6-7-21-15(22)10-5-3-4-9-8-11-14(24-17(18)19-11)13(12(9)10)16(21)23/h3-5,8H,6-7H2,1-2H3,(H2,18,19). The molecule has 0 saturated carbocycles. The van der Waals surface area contributed by atoms with Gasteiger partial charge in [0.1, 0.15) is 0 Å². The van der Waals surface area contributed by atoms with E-state index in [-0.39, 0.29) is 11.8 Å². The van der Waals surface area contributed by atoms with Crippen molar-refractivity contribution >= 4 is 49.3 Å². The molecule has 0 spiro atoms. The number of benzene rings is 2. The number of fused-ring (bicyclic) bond motifs is 2. The van der Waals surface area contributed by atoms with Gasteiger partial charge in [-0.05, 0) is 31.6 Å². The number of carbonyl (C=O) groups excluding carboxylic acids is 2. The smallest absolute Gasteiger partial charge is 0.262 e. The second-order valence-electron chi connectivity index (χ2n) is 6.12. The number of rotatable bonds is 3. The molecule has 0 bridgehead atoms. The number of nitrogens with zero attached hydrogens (tertiary/aromatic N) is 3. The number of thiazole rings is 1. The summed E-state index contributed by atoms with van der Waals surface area (Å²) in [5.41, 5.74) is 7.66. The zero-order chi connectivity index (χ0) is 17.0. The number of aromatic nitrogens is 1. The minimum absolute atomic E-state index is 0.239. The van der Waals surface area contributed by atoms with Crippen molar-refractivity contribution in [1.29, 1.82) is 0 Å². The van der Waals surface area contributed by atoms with Crippen LogP contribution in [0.2, 0.25) is 0 Å². The quantitative estimate of drug-likeness (QED) is 0.739. The van der Waals surface area contributed by atoms with E-state index >= 15 is 0 Å². The summed E-state index contributed by atoms with van der Waals surface area (Å²) in [4.78, 5) is 33.5. The highest BCUT2D eigenvalue weighted by atomic mass is 32.1. The van der Waals surface area contributed by atoms with Gasteiger partial charge in [-0.25, -0.2) is 4.98 Å². The summed E-state index contributed by atoms with van der Waals surface area (Å²) in [6, 6.07) is 7.40. The van der Waals surface area contributed by atoms with Gasteiger partial charge in [0.05, 0.1) is 15.8 Å². The van der Waals surface area contributed by atoms with Crippen molar-refractivity contribution in [1.82, 2.24) is 14.8 Å². The monoisotopic (exact) mass is 340 g/mol. The summed E-state index contributed by atoms with van der Waals surface area (Å²) in [5.74, 6) is -0.503. The Morgan fingerprint density at radius 3 is 2.79 bits per heavy atom. The molecule has 2 amide bonds. The number of hydrogen-bond donors (Lipinski definition) is 1. The zero-order valence-electron chi connectivity index (χ0n) is 13.4. The Hall–Kier alpha value is -2.51. The van der Waals surface area contributed by atoms with Gasteiger partial charge in [-0.1, -0.05) is 23.5 Å². The van der Waals surface area contributed by atoms with Crippen molar-refractivity contribution in [3.05, 3.63) is 35.4 Å². The van der Waals surface area contributed by atoms with E-state index in [4.69, 9.17) is 5.73 Å². The Bertz CT molecular complexity index is 1010. The number of imide groups is 1. The maximum Gasteiger partial charge on any atom is 0.262 e. The van der Waals surface area contributed by atoms with E-state index in [1.165, 1.54) is 16.2 Å². The summed E-state index contributed by atoms with van der Waals surface area (Å²) in [5, 5.41) is 1.97. The molecular weight excluding hydrogens is 324 g/mol. The molecule has 4 rings (SSSR count). The van der Waals surface area contributed by atoms with Crippen LogP contribution in [0, 0.1) is 0 Å². The maximum absolute atomic E-state index is 13.1. The van der Waals surface area contributed by atoms with Gasteiger partial charge >= 0.3 is 0 Å². The van der Waals surface area contributed by atoms with E-state index in [1.54, 1.807) is 6.07 Å². The number of anilines is 1. The Morgan fingerprint density at radius 1 is 1.25 bits per heavy atom. The molecule has 0 radical (unpaired) electrons. The van der Waals surface area contributed by atoms with Crippen molar-refractivity contribution in [2.45, 2.75) is 0 Å². The molecule has 0 atom stereocenters.